The molecule has 0 radical (unpaired) electrons. The predicted molar refractivity (Wildman–Crippen MR) is 82.5 cm³/mol. The number of carbonyl (C=O) groups excluding carboxylic acids is 1. The van der Waals surface area contributed by atoms with Crippen LogP contribution in [0.4, 0.5) is 0 Å². The molecule has 0 aliphatic carbocycles. The average molecular weight is 260 g/mol. The van der Waals surface area contributed by atoms with E-state index in [9.17, 15) is 4.79 Å². The second-order valence-corrected chi connectivity index (χ2v) is 7.08. The lowest BCUT2D eigenvalue weighted by molar-refractivity contribution is -0.120. The Bertz CT molecular complexity index is 406. The van der Waals surface area contributed by atoms with Crippen LogP contribution in [0.3, 0.4) is 0 Å². The molecule has 106 valence electrons. The Morgan fingerprint density at radius 3 is 2.00 bits per heavy atom. The Morgan fingerprint density at radius 1 is 1.05 bits per heavy atom. The van der Waals surface area contributed by atoms with E-state index in [-0.39, 0.29) is 5.41 Å². The van der Waals surface area contributed by atoms with E-state index in [1.165, 1.54) is 5.56 Å². The van der Waals surface area contributed by atoms with Crippen LogP contribution >= 0.6 is 0 Å². The third kappa shape index (κ3) is 5.18. The van der Waals surface area contributed by atoms with Gasteiger partial charge in [0, 0.05) is 12.8 Å². The van der Waals surface area contributed by atoms with Gasteiger partial charge in [-0.2, -0.15) is 0 Å². The predicted octanol–water partition coefficient (Wildman–Crippen LogP) is 4.99. The number of ketones is 1. The minimum absolute atomic E-state index is 0.206. The van der Waals surface area contributed by atoms with Crippen LogP contribution in [0.25, 0.3) is 0 Å². The molecular formula is C18H28O. The van der Waals surface area contributed by atoms with Crippen LogP contribution in [-0.2, 0) is 11.2 Å². The number of hydrogen-bond donors (Lipinski definition) is 0. The van der Waals surface area contributed by atoms with Crippen LogP contribution in [0.5, 0.6) is 0 Å². The lowest BCUT2D eigenvalue weighted by Crippen LogP contribution is -2.21. The summed E-state index contributed by atoms with van der Waals surface area (Å²) in [5.74, 6) is 1.32. The number of hydrogen-bond acceptors (Lipinski definition) is 1. The minimum atomic E-state index is 0.206. The Labute approximate surface area is 118 Å². The van der Waals surface area contributed by atoms with Crippen molar-refractivity contribution in [2.24, 2.45) is 11.3 Å². The average Bonchev–Trinajstić information content (AvgIpc) is 2.28. The molecule has 0 aliphatic rings. The van der Waals surface area contributed by atoms with Crippen LogP contribution < -0.4 is 0 Å². The first-order chi connectivity index (χ1) is 8.70. The smallest absolute Gasteiger partial charge is 0.137 e. The van der Waals surface area contributed by atoms with Crippen molar-refractivity contribution in [2.75, 3.05) is 0 Å². The summed E-state index contributed by atoms with van der Waals surface area (Å²) in [5, 5.41) is 0. The van der Waals surface area contributed by atoms with E-state index >= 15 is 0 Å². The van der Waals surface area contributed by atoms with Crippen molar-refractivity contribution in [2.45, 2.75) is 60.3 Å². The molecular weight excluding hydrogens is 232 g/mol. The van der Waals surface area contributed by atoms with Crippen molar-refractivity contribution in [3.05, 3.63) is 35.4 Å². The van der Waals surface area contributed by atoms with Crippen LogP contribution in [0, 0.1) is 11.3 Å². The molecule has 0 fully saturated rings. The van der Waals surface area contributed by atoms with Gasteiger partial charge in [-0.25, -0.2) is 0 Å². The molecule has 1 aromatic rings. The largest absolute Gasteiger partial charge is 0.299 e. The van der Waals surface area contributed by atoms with E-state index in [0.29, 0.717) is 30.5 Å². The van der Waals surface area contributed by atoms with E-state index in [0.717, 1.165) is 5.56 Å². The van der Waals surface area contributed by atoms with Gasteiger partial charge in [-0.15, -0.1) is 0 Å². The zero-order valence-electron chi connectivity index (χ0n) is 13.3. The molecule has 1 rings (SSSR count). The molecule has 0 spiro atoms. The third-order valence-electron chi connectivity index (χ3n) is 4.06. The van der Waals surface area contributed by atoms with Crippen LogP contribution in [0.2, 0.25) is 0 Å². The second kappa shape index (κ2) is 6.36. The van der Waals surface area contributed by atoms with Crippen molar-refractivity contribution in [1.82, 2.24) is 0 Å². The number of benzene rings is 1. The van der Waals surface area contributed by atoms with E-state index in [4.69, 9.17) is 0 Å². The van der Waals surface area contributed by atoms with Gasteiger partial charge in [0.15, 0.2) is 0 Å². The van der Waals surface area contributed by atoms with E-state index in [1.807, 2.05) is 0 Å². The van der Waals surface area contributed by atoms with Gasteiger partial charge < -0.3 is 0 Å². The summed E-state index contributed by atoms with van der Waals surface area (Å²) in [5.41, 5.74) is 2.67. The van der Waals surface area contributed by atoms with Crippen LogP contribution in [-0.4, -0.2) is 5.78 Å². The van der Waals surface area contributed by atoms with Gasteiger partial charge in [-0.3, -0.25) is 4.79 Å². The van der Waals surface area contributed by atoms with Gasteiger partial charge in [0.2, 0.25) is 0 Å². The van der Waals surface area contributed by atoms with Gasteiger partial charge in [-0.1, -0.05) is 65.8 Å². The minimum Gasteiger partial charge on any atom is -0.299 e. The molecule has 0 amide bonds. The maximum Gasteiger partial charge on any atom is 0.137 e. The second-order valence-electron chi connectivity index (χ2n) is 7.08. The first kappa shape index (κ1) is 15.9. The Kier molecular flexibility index (Phi) is 5.34. The monoisotopic (exact) mass is 260 g/mol. The molecule has 0 heterocycles. The molecule has 1 heteroatoms. The normalized spacial score (nSPS) is 13.6. The van der Waals surface area contributed by atoms with Crippen LogP contribution in [0.1, 0.15) is 65.0 Å². The molecule has 0 bridgehead atoms. The molecule has 1 unspecified atom stereocenters. The zero-order valence-corrected chi connectivity index (χ0v) is 13.3. The van der Waals surface area contributed by atoms with Crippen molar-refractivity contribution < 1.29 is 4.79 Å². The topological polar surface area (TPSA) is 17.1 Å². The lowest BCUT2D eigenvalue weighted by Gasteiger charge is -2.26. The lowest BCUT2D eigenvalue weighted by atomic mass is 9.79. The highest BCUT2D eigenvalue weighted by molar-refractivity contribution is 5.81. The molecule has 0 aliphatic heterocycles. The molecule has 0 saturated carbocycles. The van der Waals surface area contributed by atoms with Crippen molar-refractivity contribution in [3.8, 4) is 0 Å². The molecule has 19 heavy (non-hydrogen) atoms. The van der Waals surface area contributed by atoms with E-state index < -0.39 is 0 Å². The number of rotatable bonds is 5. The molecule has 1 aromatic carbocycles. The zero-order chi connectivity index (χ0) is 14.6. The third-order valence-corrected chi connectivity index (χ3v) is 4.06. The summed E-state index contributed by atoms with van der Waals surface area (Å²) in [6.45, 7) is 13.1. The molecule has 1 nitrogen and oxygen atoms in total. The summed E-state index contributed by atoms with van der Waals surface area (Å²) in [7, 11) is 0. The number of carbonyl (C=O) groups is 1. The quantitative estimate of drug-likeness (QED) is 0.728. The number of Topliss-reactive ketones (excluding diaryl/α,β-unsaturated/α-hetero) is 1. The summed E-state index contributed by atoms with van der Waals surface area (Å²) in [6, 6.07) is 8.46. The van der Waals surface area contributed by atoms with E-state index in [1.54, 1.807) is 0 Å². The molecule has 0 N–H and O–H groups in total. The maximum atomic E-state index is 12.1. The first-order valence-electron chi connectivity index (χ1n) is 7.30. The van der Waals surface area contributed by atoms with Crippen LogP contribution in [0.15, 0.2) is 24.3 Å². The molecule has 1 atom stereocenters. The van der Waals surface area contributed by atoms with E-state index in [2.05, 4.69) is 65.8 Å². The molecule has 0 aromatic heterocycles. The van der Waals surface area contributed by atoms with Crippen molar-refractivity contribution in [1.29, 1.82) is 0 Å². The van der Waals surface area contributed by atoms with Gasteiger partial charge in [0.25, 0.3) is 0 Å². The standard InChI is InChI=1S/C18H28O/c1-13(2)16-9-7-15(8-10-16)12-17(19)11-14(3)18(4,5)6/h7-10,13-14H,11-12H2,1-6H3. The summed E-state index contributed by atoms with van der Waals surface area (Å²) in [6.07, 6.45) is 1.24. The van der Waals surface area contributed by atoms with Gasteiger partial charge in [0.05, 0.1) is 0 Å². The molecule has 0 saturated heterocycles. The highest BCUT2D eigenvalue weighted by Gasteiger charge is 2.22. The fourth-order valence-corrected chi connectivity index (χ4v) is 1.97. The van der Waals surface area contributed by atoms with Crippen molar-refractivity contribution >= 4 is 5.78 Å². The Hall–Kier alpha value is -1.11. The Balaban J connectivity index is 2.58. The van der Waals surface area contributed by atoms with Gasteiger partial charge >= 0.3 is 0 Å². The van der Waals surface area contributed by atoms with Gasteiger partial charge in [-0.05, 0) is 28.4 Å². The first-order valence-corrected chi connectivity index (χ1v) is 7.30. The fraction of sp³-hybridized carbons (Fsp3) is 0.611. The highest BCUT2D eigenvalue weighted by Crippen LogP contribution is 2.28. The summed E-state index contributed by atoms with van der Waals surface area (Å²) < 4.78 is 0. The highest BCUT2D eigenvalue weighted by atomic mass is 16.1. The summed E-state index contributed by atoms with van der Waals surface area (Å²) >= 11 is 0. The van der Waals surface area contributed by atoms with Crippen molar-refractivity contribution in [3.63, 3.8) is 0 Å². The maximum absolute atomic E-state index is 12.1. The van der Waals surface area contributed by atoms with Gasteiger partial charge in [0.1, 0.15) is 5.78 Å². The SMILES string of the molecule is CC(C)c1ccc(CC(=O)CC(C)C(C)(C)C)cc1. The Morgan fingerprint density at radius 2 is 1.58 bits per heavy atom. The summed E-state index contributed by atoms with van der Waals surface area (Å²) in [4.78, 5) is 12.1. The fourth-order valence-electron chi connectivity index (χ4n) is 1.97.